The number of aryl methyl sites for hydroxylation is 3. The molecule has 0 unspecified atom stereocenters. The standard InChI is InChI=1S/C22H24N2O3S2/c1-3-27-18(25)13-28-22-23-20-19(15-10-5-4-6-12-17(15)29-20)21(26)24(22)16-11-8-7-9-14(16)2/h7-9,11H,3-6,10,12-13H2,1-2H3. The third-order valence-electron chi connectivity index (χ3n) is 5.19. The zero-order valence-electron chi connectivity index (χ0n) is 16.7. The summed E-state index contributed by atoms with van der Waals surface area (Å²) in [5, 5.41) is 1.30. The van der Waals surface area contributed by atoms with Crippen molar-refractivity contribution in [2.75, 3.05) is 12.4 Å². The molecule has 0 fully saturated rings. The number of carbonyl (C=O) groups is 1. The number of para-hydroxylation sites is 1. The molecular weight excluding hydrogens is 404 g/mol. The molecule has 4 rings (SSSR count). The van der Waals surface area contributed by atoms with Gasteiger partial charge >= 0.3 is 5.97 Å². The van der Waals surface area contributed by atoms with Crippen LogP contribution in [0.3, 0.4) is 0 Å². The van der Waals surface area contributed by atoms with Gasteiger partial charge in [-0.15, -0.1) is 11.3 Å². The first-order valence-electron chi connectivity index (χ1n) is 10.0. The van der Waals surface area contributed by atoms with Gasteiger partial charge in [0.1, 0.15) is 4.83 Å². The number of thiophene rings is 1. The first-order valence-corrected chi connectivity index (χ1v) is 11.8. The van der Waals surface area contributed by atoms with Crippen LogP contribution >= 0.6 is 23.1 Å². The van der Waals surface area contributed by atoms with Gasteiger partial charge in [0.25, 0.3) is 5.56 Å². The molecule has 1 aromatic carbocycles. The second-order valence-corrected chi connectivity index (χ2v) is 9.19. The van der Waals surface area contributed by atoms with E-state index in [1.807, 2.05) is 31.2 Å². The summed E-state index contributed by atoms with van der Waals surface area (Å²) >= 11 is 2.90. The van der Waals surface area contributed by atoms with Crippen LogP contribution in [0.4, 0.5) is 0 Å². The number of aromatic nitrogens is 2. The molecule has 0 aliphatic heterocycles. The van der Waals surface area contributed by atoms with E-state index in [1.54, 1.807) is 22.8 Å². The van der Waals surface area contributed by atoms with E-state index in [2.05, 4.69) is 0 Å². The van der Waals surface area contributed by atoms with Gasteiger partial charge in [0, 0.05) is 4.88 Å². The van der Waals surface area contributed by atoms with Gasteiger partial charge < -0.3 is 4.74 Å². The Balaban J connectivity index is 1.90. The van der Waals surface area contributed by atoms with Gasteiger partial charge in [-0.2, -0.15) is 0 Å². The number of nitrogens with zero attached hydrogens (tertiary/aromatic N) is 2. The molecule has 0 N–H and O–H groups in total. The lowest BCUT2D eigenvalue weighted by molar-refractivity contribution is -0.139. The number of thioether (sulfide) groups is 1. The van der Waals surface area contributed by atoms with Crippen LogP contribution in [0.5, 0.6) is 0 Å². The van der Waals surface area contributed by atoms with E-state index in [1.165, 1.54) is 28.6 Å². The molecule has 0 saturated carbocycles. The van der Waals surface area contributed by atoms with Crippen LogP contribution in [-0.4, -0.2) is 27.9 Å². The predicted molar refractivity (Wildman–Crippen MR) is 119 cm³/mol. The number of fused-ring (bicyclic) bond motifs is 3. The molecule has 0 amide bonds. The molecule has 1 aliphatic rings. The monoisotopic (exact) mass is 428 g/mol. The Morgan fingerprint density at radius 2 is 2.03 bits per heavy atom. The van der Waals surface area contributed by atoms with Crippen LogP contribution in [-0.2, 0) is 22.4 Å². The quantitative estimate of drug-likeness (QED) is 0.256. The van der Waals surface area contributed by atoms with Gasteiger partial charge in [0.05, 0.1) is 23.4 Å². The maximum absolute atomic E-state index is 13.7. The fourth-order valence-corrected chi connectivity index (χ4v) is 5.92. The number of esters is 1. The molecule has 0 atom stereocenters. The smallest absolute Gasteiger partial charge is 0.316 e. The molecule has 0 bridgehead atoms. The number of rotatable bonds is 5. The average Bonchev–Trinajstić information content (AvgIpc) is 2.89. The minimum absolute atomic E-state index is 0.0324. The fourth-order valence-electron chi connectivity index (χ4n) is 3.81. The van der Waals surface area contributed by atoms with E-state index < -0.39 is 0 Å². The van der Waals surface area contributed by atoms with E-state index >= 15 is 0 Å². The van der Waals surface area contributed by atoms with Crippen molar-refractivity contribution in [3.05, 3.63) is 50.6 Å². The minimum atomic E-state index is -0.301. The molecule has 0 spiro atoms. The Morgan fingerprint density at radius 1 is 1.24 bits per heavy atom. The fraction of sp³-hybridized carbons (Fsp3) is 0.409. The van der Waals surface area contributed by atoms with Crippen molar-refractivity contribution in [3.8, 4) is 5.69 Å². The van der Waals surface area contributed by atoms with E-state index in [0.717, 1.165) is 47.2 Å². The van der Waals surface area contributed by atoms with Gasteiger partial charge in [0.2, 0.25) is 0 Å². The van der Waals surface area contributed by atoms with E-state index in [0.29, 0.717) is 11.8 Å². The van der Waals surface area contributed by atoms with Crippen LogP contribution in [0.1, 0.15) is 42.2 Å². The van der Waals surface area contributed by atoms with Crippen LogP contribution < -0.4 is 5.56 Å². The minimum Gasteiger partial charge on any atom is -0.465 e. The van der Waals surface area contributed by atoms with Crippen molar-refractivity contribution in [2.24, 2.45) is 0 Å². The van der Waals surface area contributed by atoms with E-state index in [4.69, 9.17) is 9.72 Å². The summed E-state index contributed by atoms with van der Waals surface area (Å²) in [6.45, 7) is 4.11. The van der Waals surface area contributed by atoms with Gasteiger partial charge in [-0.3, -0.25) is 14.2 Å². The highest BCUT2D eigenvalue weighted by Crippen LogP contribution is 2.34. The number of benzene rings is 1. The second kappa shape index (κ2) is 8.71. The lowest BCUT2D eigenvalue weighted by Crippen LogP contribution is -2.23. The number of carbonyl (C=O) groups excluding carboxylic acids is 1. The third kappa shape index (κ3) is 3.98. The van der Waals surface area contributed by atoms with Crippen molar-refractivity contribution in [1.82, 2.24) is 9.55 Å². The third-order valence-corrected chi connectivity index (χ3v) is 7.29. The van der Waals surface area contributed by atoms with E-state index in [9.17, 15) is 9.59 Å². The maximum Gasteiger partial charge on any atom is 0.316 e. The topological polar surface area (TPSA) is 61.2 Å². The summed E-state index contributed by atoms with van der Waals surface area (Å²) < 4.78 is 6.74. The Morgan fingerprint density at radius 3 is 2.83 bits per heavy atom. The van der Waals surface area contributed by atoms with Crippen LogP contribution in [0, 0.1) is 6.92 Å². The largest absolute Gasteiger partial charge is 0.465 e. The van der Waals surface area contributed by atoms with Crippen molar-refractivity contribution < 1.29 is 9.53 Å². The Kier molecular flexibility index (Phi) is 6.06. The summed E-state index contributed by atoms with van der Waals surface area (Å²) in [6, 6.07) is 7.80. The van der Waals surface area contributed by atoms with Crippen LogP contribution in [0.25, 0.3) is 15.9 Å². The predicted octanol–water partition coefficient (Wildman–Crippen LogP) is 4.68. The molecule has 0 saturated heterocycles. The van der Waals surface area contributed by atoms with Crippen molar-refractivity contribution in [3.63, 3.8) is 0 Å². The Hall–Kier alpha value is -2.12. The molecule has 5 nitrogen and oxygen atoms in total. The lowest BCUT2D eigenvalue weighted by atomic mass is 10.1. The lowest BCUT2D eigenvalue weighted by Gasteiger charge is -2.14. The highest BCUT2D eigenvalue weighted by atomic mass is 32.2. The molecule has 29 heavy (non-hydrogen) atoms. The van der Waals surface area contributed by atoms with Gasteiger partial charge in [0.15, 0.2) is 5.16 Å². The number of hydrogen-bond acceptors (Lipinski definition) is 6. The highest BCUT2D eigenvalue weighted by Gasteiger charge is 2.23. The first kappa shape index (κ1) is 20.2. The zero-order valence-corrected chi connectivity index (χ0v) is 18.3. The molecule has 3 aromatic rings. The number of hydrogen-bond donors (Lipinski definition) is 0. The Labute approximate surface area is 178 Å². The van der Waals surface area contributed by atoms with Gasteiger partial charge in [-0.1, -0.05) is 36.4 Å². The average molecular weight is 429 g/mol. The molecule has 152 valence electrons. The Bertz CT molecular complexity index is 1120. The molecule has 2 aromatic heterocycles. The SMILES string of the molecule is CCOC(=O)CSc1nc2sc3c(c2c(=O)n1-c1ccccc1C)CCCCC3. The van der Waals surface area contributed by atoms with Crippen LogP contribution in [0.15, 0.2) is 34.2 Å². The van der Waals surface area contributed by atoms with Gasteiger partial charge in [-0.25, -0.2) is 4.98 Å². The number of ether oxygens (including phenoxy) is 1. The first-order chi connectivity index (χ1) is 14.1. The second-order valence-electron chi connectivity index (χ2n) is 7.16. The van der Waals surface area contributed by atoms with Crippen molar-refractivity contribution in [1.29, 1.82) is 0 Å². The summed E-state index contributed by atoms with van der Waals surface area (Å²) in [5.74, 6) is -0.173. The van der Waals surface area contributed by atoms with Crippen molar-refractivity contribution >= 4 is 39.3 Å². The summed E-state index contributed by atoms with van der Waals surface area (Å²) in [6.07, 6.45) is 5.44. The van der Waals surface area contributed by atoms with Crippen LogP contribution in [0.2, 0.25) is 0 Å². The maximum atomic E-state index is 13.7. The van der Waals surface area contributed by atoms with Gasteiger partial charge in [-0.05, 0) is 56.7 Å². The summed E-state index contributed by atoms with van der Waals surface area (Å²) in [4.78, 5) is 32.6. The van der Waals surface area contributed by atoms with E-state index in [-0.39, 0.29) is 17.3 Å². The molecule has 0 radical (unpaired) electrons. The summed E-state index contributed by atoms with van der Waals surface area (Å²) in [5.41, 5.74) is 2.96. The molecule has 2 heterocycles. The summed E-state index contributed by atoms with van der Waals surface area (Å²) in [7, 11) is 0. The zero-order chi connectivity index (χ0) is 20.4. The molecule has 1 aliphatic carbocycles. The molecule has 7 heteroatoms. The highest BCUT2D eigenvalue weighted by molar-refractivity contribution is 7.99. The van der Waals surface area contributed by atoms with Crippen molar-refractivity contribution in [2.45, 2.75) is 51.1 Å². The normalized spacial score (nSPS) is 13.9. The molecular formula is C22H24N2O3S2.